The summed E-state index contributed by atoms with van der Waals surface area (Å²) in [5.41, 5.74) is 4.21. The lowest BCUT2D eigenvalue weighted by atomic mass is 10.1. The van der Waals surface area contributed by atoms with Crippen molar-refractivity contribution in [1.29, 1.82) is 5.26 Å². The molecule has 0 radical (unpaired) electrons. The van der Waals surface area contributed by atoms with Gasteiger partial charge in [-0.2, -0.15) is 9.94 Å². The molecule has 2 aromatic carbocycles. The quantitative estimate of drug-likeness (QED) is 0.685. The summed E-state index contributed by atoms with van der Waals surface area (Å²) in [6, 6.07) is 14.8. The normalized spacial score (nSPS) is 11.6. The molecule has 0 saturated heterocycles. The van der Waals surface area contributed by atoms with Crippen LogP contribution in [0, 0.1) is 25.2 Å². The van der Waals surface area contributed by atoms with Crippen LogP contribution in [-0.2, 0) is 4.79 Å². The van der Waals surface area contributed by atoms with E-state index in [4.69, 9.17) is 5.26 Å². The molecule has 1 amide bonds. The Hall–Kier alpha value is -3.18. The number of hydrogen-bond acceptors (Lipinski definition) is 6. The van der Waals surface area contributed by atoms with Gasteiger partial charge in [0.05, 0.1) is 22.6 Å². The van der Waals surface area contributed by atoms with Crippen LogP contribution in [0.5, 0.6) is 0 Å². The molecule has 0 aliphatic carbocycles. The van der Waals surface area contributed by atoms with E-state index in [9.17, 15) is 4.79 Å². The molecule has 7 nitrogen and oxygen atoms in total. The van der Waals surface area contributed by atoms with Crippen molar-refractivity contribution in [3.63, 3.8) is 0 Å². The van der Waals surface area contributed by atoms with Gasteiger partial charge in [0.25, 0.3) is 0 Å². The monoisotopic (exact) mass is 378 g/mol. The fourth-order valence-corrected chi connectivity index (χ4v) is 3.41. The molecule has 0 saturated carbocycles. The highest BCUT2D eigenvalue weighted by Crippen LogP contribution is 2.26. The smallest absolute Gasteiger partial charge is 0.237 e. The number of nitrogens with zero attached hydrogens (tertiary/aromatic N) is 5. The minimum atomic E-state index is -0.408. The molecule has 8 heteroatoms. The van der Waals surface area contributed by atoms with Gasteiger partial charge in [-0.3, -0.25) is 4.79 Å². The Morgan fingerprint density at radius 3 is 2.48 bits per heavy atom. The molecule has 1 atom stereocenters. The van der Waals surface area contributed by atoms with Crippen LogP contribution in [0.3, 0.4) is 0 Å². The molecular formula is C19H18N6OS. The standard InChI is InChI=1S/C19H18N6OS/c1-12-5-4-6-13(2)17(12)25-19(22-23-24-25)27-14(3)18(26)21-16-9-7-15(11-20)8-10-16/h4-10,14H,1-3H3,(H,21,26)/t14-/m0/s1. The number of tetrazole rings is 1. The van der Waals surface area contributed by atoms with Gasteiger partial charge in [0.1, 0.15) is 0 Å². The second-order valence-electron chi connectivity index (χ2n) is 6.05. The van der Waals surface area contributed by atoms with Crippen molar-refractivity contribution in [2.24, 2.45) is 0 Å². The second-order valence-corrected chi connectivity index (χ2v) is 7.36. The molecule has 0 aliphatic heterocycles. The third-order valence-electron chi connectivity index (χ3n) is 4.03. The first-order valence-electron chi connectivity index (χ1n) is 8.32. The number of nitriles is 1. The molecule has 0 spiro atoms. The zero-order valence-corrected chi connectivity index (χ0v) is 16.0. The van der Waals surface area contributed by atoms with Gasteiger partial charge in [0, 0.05) is 5.69 Å². The van der Waals surface area contributed by atoms with Crippen molar-refractivity contribution in [2.45, 2.75) is 31.2 Å². The Bertz CT molecular complexity index is 986. The summed E-state index contributed by atoms with van der Waals surface area (Å²) in [6.07, 6.45) is 0. The van der Waals surface area contributed by atoms with E-state index in [-0.39, 0.29) is 5.91 Å². The van der Waals surface area contributed by atoms with Crippen molar-refractivity contribution >= 4 is 23.4 Å². The van der Waals surface area contributed by atoms with Crippen LogP contribution in [-0.4, -0.2) is 31.4 Å². The van der Waals surface area contributed by atoms with E-state index in [0.717, 1.165) is 16.8 Å². The van der Waals surface area contributed by atoms with Gasteiger partial charge in [-0.05, 0) is 66.6 Å². The number of anilines is 1. The van der Waals surface area contributed by atoms with E-state index in [2.05, 4.69) is 20.8 Å². The number of para-hydroxylation sites is 1. The highest BCUT2D eigenvalue weighted by molar-refractivity contribution is 8.00. The van der Waals surface area contributed by atoms with E-state index in [1.54, 1.807) is 35.9 Å². The lowest BCUT2D eigenvalue weighted by Crippen LogP contribution is -2.23. The Balaban J connectivity index is 1.75. The van der Waals surface area contributed by atoms with Gasteiger partial charge in [-0.25, -0.2) is 0 Å². The summed E-state index contributed by atoms with van der Waals surface area (Å²) >= 11 is 1.29. The highest BCUT2D eigenvalue weighted by Gasteiger charge is 2.20. The number of nitrogens with one attached hydrogen (secondary N) is 1. The Kier molecular flexibility index (Phi) is 5.52. The lowest BCUT2D eigenvalue weighted by molar-refractivity contribution is -0.115. The maximum atomic E-state index is 12.5. The largest absolute Gasteiger partial charge is 0.325 e. The van der Waals surface area contributed by atoms with E-state index in [1.165, 1.54) is 11.8 Å². The van der Waals surface area contributed by atoms with Crippen LogP contribution < -0.4 is 5.32 Å². The van der Waals surface area contributed by atoms with Crippen LogP contribution in [0.4, 0.5) is 5.69 Å². The number of rotatable bonds is 5. The SMILES string of the molecule is Cc1cccc(C)c1-n1nnnc1S[C@@H](C)C(=O)Nc1ccc(C#N)cc1. The van der Waals surface area contributed by atoms with E-state index in [0.29, 0.717) is 16.4 Å². The van der Waals surface area contributed by atoms with E-state index in [1.807, 2.05) is 38.1 Å². The number of aromatic nitrogens is 4. The fourth-order valence-electron chi connectivity index (χ4n) is 2.62. The Morgan fingerprint density at radius 2 is 1.85 bits per heavy atom. The maximum Gasteiger partial charge on any atom is 0.237 e. The summed E-state index contributed by atoms with van der Waals surface area (Å²) in [7, 11) is 0. The molecular weight excluding hydrogens is 360 g/mol. The predicted molar refractivity (Wildman–Crippen MR) is 104 cm³/mol. The minimum Gasteiger partial charge on any atom is -0.325 e. The third-order valence-corrected chi connectivity index (χ3v) is 5.06. The van der Waals surface area contributed by atoms with E-state index >= 15 is 0 Å². The van der Waals surface area contributed by atoms with Gasteiger partial charge >= 0.3 is 0 Å². The molecule has 1 N–H and O–H groups in total. The summed E-state index contributed by atoms with van der Waals surface area (Å²) in [6.45, 7) is 5.80. The highest BCUT2D eigenvalue weighted by atomic mass is 32.2. The number of aryl methyl sites for hydroxylation is 2. The number of benzene rings is 2. The first kappa shape index (κ1) is 18.6. The molecule has 1 aromatic heterocycles. The van der Waals surface area contributed by atoms with Crippen molar-refractivity contribution < 1.29 is 4.79 Å². The molecule has 0 bridgehead atoms. The summed E-state index contributed by atoms with van der Waals surface area (Å²) in [5.74, 6) is -0.166. The molecule has 136 valence electrons. The molecule has 0 unspecified atom stereocenters. The first-order chi connectivity index (χ1) is 13.0. The summed E-state index contributed by atoms with van der Waals surface area (Å²) in [5, 5.41) is 23.8. The van der Waals surface area contributed by atoms with Crippen LogP contribution in [0.1, 0.15) is 23.6 Å². The average Bonchev–Trinajstić information content (AvgIpc) is 3.10. The fraction of sp³-hybridized carbons (Fsp3) is 0.211. The number of hydrogen-bond donors (Lipinski definition) is 1. The Morgan fingerprint density at radius 1 is 1.19 bits per heavy atom. The number of carbonyl (C=O) groups excluding carboxylic acids is 1. The molecule has 0 aliphatic rings. The van der Waals surface area contributed by atoms with Gasteiger partial charge < -0.3 is 5.32 Å². The number of carbonyl (C=O) groups is 1. The molecule has 1 heterocycles. The third kappa shape index (κ3) is 4.15. The zero-order valence-electron chi connectivity index (χ0n) is 15.2. The summed E-state index contributed by atoms with van der Waals surface area (Å²) in [4.78, 5) is 12.5. The average molecular weight is 378 g/mol. The minimum absolute atomic E-state index is 0.166. The molecule has 3 rings (SSSR count). The lowest BCUT2D eigenvalue weighted by Gasteiger charge is -2.13. The van der Waals surface area contributed by atoms with Gasteiger partial charge in [0.2, 0.25) is 11.1 Å². The first-order valence-corrected chi connectivity index (χ1v) is 9.20. The molecule has 27 heavy (non-hydrogen) atoms. The van der Waals surface area contributed by atoms with Crippen LogP contribution >= 0.6 is 11.8 Å². The second kappa shape index (κ2) is 8.01. The Labute approximate surface area is 161 Å². The predicted octanol–water partition coefficient (Wildman–Crippen LogP) is 3.27. The topological polar surface area (TPSA) is 96.5 Å². The maximum absolute atomic E-state index is 12.5. The van der Waals surface area contributed by atoms with Crippen LogP contribution in [0.25, 0.3) is 5.69 Å². The molecule has 3 aromatic rings. The van der Waals surface area contributed by atoms with Crippen LogP contribution in [0.15, 0.2) is 47.6 Å². The van der Waals surface area contributed by atoms with Crippen LogP contribution in [0.2, 0.25) is 0 Å². The van der Waals surface area contributed by atoms with Crippen molar-refractivity contribution in [3.05, 3.63) is 59.2 Å². The number of thioether (sulfide) groups is 1. The van der Waals surface area contributed by atoms with Crippen molar-refractivity contribution in [1.82, 2.24) is 20.2 Å². The van der Waals surface area contributed by atoms with Gasteiger partial charge in [0.15, 0.2) is 0 Å². The van der Waals surface area contributed by atoms with Crippen molar-refractivity contribution in [3.8, 4) is 11.8 Å². The zero-order chi connectivity index (χ0) is 19.4. The van der Waals surface area contributed by atoms with Crippen molar-refractivity contribution in [2.75, 3.05) is 5.32 Å². The number of amides is 1. The molecule has 0 fully saturated rings. The summed E-state index contributed by atoms with van der Waals surface area (Å²) < 4.78 is 1.67. The van der Waals surface area contributed by atoms with Gasteiger partial charge in [-0.15, -0.1) is 5.10 Å². The van der Waals surface area contributed by atoms with E-state index < -0.39 is 5.25 Å². The van der Waals surface area contributed by atoms with Gasteiger partial charge in [-0.1, -0.05) is 30.0 Å².